The number of halogens is 1. The molecule has 0 bridgehead atoms. The number of ether oxygens (including phenoxy) is 1. The number of amides is 1. The number of hydrogen-bond donors (Lipinski definition) is 1. The topological polar surface area (TPSA) is 98.5 Å². The van der Waals surface area contributed by atoms with Crippen molar-refractivity contribution in [1.29, 1.82) is 0 Å². The van der Waals surface area contributed by atoms with Gasteiger partial charge in [0.15, 0.2) is 0 Å². The third-order valence-corrected chi connectivity index (χ3v) is 2.43. The lowest BCUT2D eigenvalue weighted by atomic mass is 10.2. The van der Waals surface area contributed by atoms with Crippen molar-refractivity contribution in [3.63, 3.8) is 0 Å². The van der Waals surface area contributed by atoms with Gasteiger partial charge >= 0.3 is 5.97 Å². The summed E-state index contributed by atoms with van der Waals surface area (Å²) in [4.78, 5) is 32.7. The van der Waals surface area contributed by atoms with Crippen LogP contribution in [0.4, 0.5) is 5.69 Å². The molecule has 8 heteroatoms. The molecule has 0 saturated heterocycles. The zero-order valence-electron chi connectivity index (χ0n) is 10.0. The Bertz CT molecular complexity index is 518. The number of nitro benzene ring substituents is 1. The molecule has 0 spiro atoms. The van der Waals surface area contributed by atoms with Gasteiger partial charge in [0.25, 0.3) is 11.6 Å². The molecule has 0 fully saturated rings. The van der Waals surface area contributed by atoms with Crippen LogP contribution in [0.5, 0.6) is 0 Å². The van der Waals surface area contributed by atoms with Crippen LogP contribution in [-0.2, 0) is 9.53 Å². The van der Waals surface area contributed by atoms with E-state index in [1.54, 1.807) is 6.92 Å². The van der Waals surface area contributed by atoms with Crippen molar-refractivity contribution in [1.82, 2.24) is 5.32 Å². The Labute approximate surface area is 113 Å². The molecule has 0 aromatic heterocycles. The minimum absolute atomic E-state index is 0.0620. The first kappa shape index (κ1) is 14.9. The molecule has 0 radical (unpaired) electrons. The molecule has 1 aromatic rings. The Morgan fingerprint density at radius 2 is 2.16 bits per heavy atom. The second-order valence-corrected chi connectivity index (χ2v) is 3.82. The summed E-state index contributed by atoms with van der Waals surface area (Å²) in [7, 11) is 0. The van der Waals surface area contributed by atoms with E-state index in [0.29, 0.717) is 0 Å². The number of nitro groups is 1. The van der Waals surface area contributed by atoms with Crippen LogP contribution >= 0.6 is 11.6 Å². The van der Waals surface area contributed by atoms with Gasteiger partial charge in [0, 0.05) is 12.1 Å². The Morgan fingerprint density at radius 3 is 2.74 bits per heavy atom. The largest absolute Gasteiger partial charge is 0.465 e. The van der Waals surface area contributed by atoms with Crippen LogP contribution in [-0.4, -0.2) is 30.0 Å². The number of carbonyl (C=O) groups excluding carboxylic acids is 2. The van der Waals surface area contributed by atoms with Crippen LogP contribution in [0.2, 0.25) is 5.02 Å². The maximum absolute atomic E-state index is 11.7. The molecule has 1 amide bonds. The standard InChI is InChI=1S/C11H11ClN2O5/c1-2-19-10(15)6-13-11(16)8-5-7(14(17)18)3-4-9(8)12/h3-5H,2,6H2,1H3,(H,13,16). The number of rotatable bonds is 5. The van der Waals surface area contributed by atoms with Crippen LogP contribution in [0, 0.1) is 10.1 Å². The predicted octanol–water partition coefficient (Wildman–Crippen LogP) is 1.54. The molecule has 0 saturated carbocycles. The molecular formula is C11H11ClN2O5. The summed E-state index contributed by atoms with van der Waals surface area (Å²) in [5.74, 6) is -1.28. The van der Waals surface area contributed by atoms with Crippen molar-refractivity contribution in [2.24, 2.45) is 0 Å². The third kappa shape index (κ3) is 4.22. The average Bonchev–Trinajstić information content (AvgIpc) is 2.36. The number of carbonyl (C=O) groups is 2. The van der Waals surface area contributed by atoms with Crippen LogP contribution in [0.1, 0.15) is 17.3 Å². The Morgan fingerprint density at radius 1 is 1.47 bits per heavy atom. The number of esters is 1. The summed E-state index contributed by atoms with van der Waals surface area (Å²) in [5, 5.41) is 12.9. The van der Waals surface area contributed by atoms with Crippen molar-refractivity contribution in [2.75, 3.05) is 13.2 Å². The summed E-state index contributed by atoms with van der Waals surface area (Å²) in [6.45, 7) is 1.51. The molecular weight excluding hydrogens is 276 g/mol. The van der Waals surface area contributed by atoms with E-state index in [2.05, 4.69) is 10.1 Å². The highest BCUT2D eigenvalue weighted by atomic mass is 35.5. The minimum Gasteiger partial charge on any atom is -0.465 e. The fourth-order valence-corrected chi connectivity index (χ4v) is 1.46. The fourth-order valence-electron chi connectivity index (χ4n) is 1.26. The molecule has 0 aliphatic carbocycles. The highest BCUT2D eigenvalue weighted by Crippen LogP contribution is 2.21. The van der Waals surface area contributed by atoms with E-state index >= 15 is 0 Å². The van der Waals surface area contributed by atoms with Gasteiger partial charge in [-0.25, -0.2) is 0 Å². The lowest BCUT2D eigenvalue weighted by Gasteiger charge is -2.06. The minimum atomic E-state index is -0.679. The normalized spacial score (nSPS) is 9.79. The average molecular weight is 287 g/mol. The molecule has 1 rings (SSSR count). The van der Waals surface area contributed by atoms with E-state index in [1.807, 2.05) is 0 Å². The van der Waals surface area contributed by atoms with E-state index < -0.39 is 16.8 Å². The lowest BCUT2D eigenvalue weighted by Crippen LogP contribution is -2.30. The van der Waals surface area contributed by atoms with Crippen LogP contribution in [0.3, 0.4) is 0 Å². The van der Waals surface area contributed by atoms with Crippen LogP contribution < -0.4 is 5.32 Å². The van der Waals surface area contributed by atoms with Crippen molar-refractivity contribution in [3.8, 4) is 0 Å². The first-order valence-electron chi connectivity index (χ1n) is 5.33. The van der Waals surface area contributed by atoms with Gasteiger partial charge in [0.1, 0.15) is 6.54 Å². The Kier molecular flexibility index (Phi) is 5.25. The first-order chi connectivity index (χ1) is 8.95. The molecule has 1 N–H and O–H groups in total. The van der Waals surface area contributed by atoms with Gasteiger partial charge in [-0.3, -0.25) is 19.7 Å². The van der Waals surface area contributed by atoms with Crippen molar-refractivity contribution in [3.05, 3.63) is 38.9 Å². The van der Waals surface area contributed by atoms with E-state index in [1.165, 1.54) is 12.1 Å². The first-order valence-corrected chi connectivity index (χ1v) is 5.71. The molecule has 0 atom stereocenters. The van der Waals surface area contributed by atoms with Gasteiger partial charge in [0.05, 0.1) is 22.1 Å². The fraction of sp³-hybridized carbons (Fsp3) is 0.273. The SMILES string of the molecule is CCOC(=O)CNC(=O)c1cc([N+](=O)[O-])ccc1Cl. The Hall–Kier alpha value is -2.15. The summed E-state index contributed by atoms with van der Waals surface area (Å²) in [5.41, 5.74) is -0.328. The van der Waals surface area contributed by atoms with E-state index in [-0.39, 0.29) is 29.4 Å². The molecule has 0 unspecified atom stereocenters. The maximum atomic E-state index is 11.7. The molecule has 7 nitrogen and oxygen atoms in total. The summed E-state index contributed by atoms with van der Waals surface area (Å²) in [6.07, 6.45) is 0. The summed E-state index contributed by atoms with van der Waals surface area (Å²) >= 11 is 5.77. The van der Waals surface area contributed by atoms with E-state index in [4.69, 9.17) is 11.6 Å². The van der Waals surface area contributed by atoms with Crippen molar-refractivity contribution < 1.29 is 19.2 Å². The highest BCUT2D eigenvalue weighted by Gasteiger charge is 2.16. The number of nitrogens with one attached hydrogen (secondary N) is 1. The number of hydrogen-bond acceptors (Lipinski definition) is 5. The van der Waals surface area contributed by atoms with Crippen molar-refractivity contribution >= 4 is 29.2 Å². The van der Waals surface area contributed by atoms with Crippen LogP contribution in [0.25, 0.3) is 0 Å². The van der Waals surface area contributed by atoms with Gasteiger partial charge in [-0.2, -0.15) is 0 Å². The third-order valence-electron chi connectivity index (χ3n) is 2.10. The maximum Gasteiger partial charge on any atom is 0.325 e. The quantitative estimate of drug-likeness (QED) is 0.503. The van der Waals surface area contributed by atoms with E-state index in [9.17, 15) is 19.7 Å². The number of nitrogens with zero attached hydrogens (tertiary/aromatic N) is 1. The monoisotopic (exact) mass is 286 g/mol. The molecule has 0 heterocycles. The molecule has 1 aromatic carbocycles. The van der Waals surface area contributed by atoms with Gasteiger partial charge in [-0.05, 0) is 13.0 Å². The molecule has 0 aliphatic heterocycles. The molecule has 19 heavy (non-hydrogen) atoms. The van der Waals surface area contributed by atoms with Gasteiger partial charge in [-0.15, -0.1) is 0 Å². The highest BCUT2D eigenvalue weighted by molar-refractivity contribution is 6.34. The van der Waals surface area contributed by atoms with E-state index in [0.717, 1.165) is 6.07 Å². The predicted molar refractivity (Wildman–Crippen MR) is 67.1 cm³/mol. The van der Waals surface area contributed by atoms with Crippen LogP contribution in [0.15, 0.2) is 18.2 Å². The zero-order chi connectivity index (χ0) is 14.4. The summed E-state index contributed by atoms with van der Waals surface area (Å²) in [6, 6.07) is 3.48. The summed E-state index contributed by atoms with van der Waals surface area (Å²) < 4.78 is 4.63. The van der Waals surface area contributed by atoms with Gasteiger partial charge in [-0.1, -0.05) is 11.6 Å². The van der Waals surface area contributed by atoms with Gasteiger partial charge in [0.2, 0.25) is 0 Å². The van der Waals surface area contributed by atoms with Gasteiger partial charge < -0.3 is 10.1 Å². The Balaban J connectivity index is 2.79. The second-order valence-electron chi connectivity index (χ2n) is 3.41. The zero-order valence-corrected chi connectivity index (χ0v) is 10.8. The lowest BCUT2D eigenvalue weighted by molar-refractivity contribution is -0.384. The number of benzene rings is 1. The molecule has 0 aliphatic rings. The smallest absolute Gasteiger partial charge is 0.325 e. The molecule has 102 valence electrons. The number of non-ortho nitro benzene ring substituents is 1. The van der Waals surface area contributed by atoms with Crippen molar-refractivity contribution in [2.45, 2.75) is 6.92 Å². The second kappa shape index (κ2) is 6.69.